The average molecular weight is 299 g/mol. The Morgan fingerprint density at radius 1 is 0.762 bits per heavy atom. The second kappa shape index (κ2) is 15.9. The maximum Gasteiger partial charge on any atom is 0.0851 e. The lowest BCUT2D eigenvalue weighted by molar-refractivity contribution is 0.147. The first-order valence-corrected chi connectivity index (χ1v) is 9.21. The molecule has 0 rings (SSSR count). The molecule has 0 aliphatic heterocycles. The summed E-state index contributed by atoms with van der Waals surface area (Å²) in [7, 11) is 0. The van der Waals surface area contributed by atoms with Gasteiger partial charge >= 0.3 is 0 Å². The Balaban J connectivity index is 3.12. The predicted molar refractivity (Wildman–Crippen MR) is 92.7 cm³/mol. The van der Waals surface area contributed by atoms with Gasteiger partial charge in [-0.1, -0.05) is 84.1 Å². The molecule has 0 aromatic carbocycles. The summed E-state index contributed by atoms with van der Waals surface area (Å²) < 4.78 is 0. The van der Waals surface area contributed by atoms with Crippen molar-refractivity contribution in [1.82, 2.24) is 0 Å². The van der Waals surface area contributed by atoms with Gasteiger partial charge < -0.3 is 10.2 Å². The number of rotatable bonds is 16. The maximum absolute atomic E-state index is 9.87. The van der Waals surface area contributed by atoms with Crippen molar-refractivity contribution in [3.05, 3.63) is 12.3 Å². The molecule has 0 bridgehead atoms. The Morgan fingerprint density at radius 3 is 1.67 bits per heavy atom. The monoisotopic (exact) mass is 298 g/mol. The molecule has 0 heterocycles. The first-order chi connectivity index (χ1) is 10.2. The molecule has 0 aliphatic rings. The third kappa shape index (κ3) is 17.4. The molecule has 0 amide bonds. The van der Waals surface area contributed by atoms with E-state index in [-0.39, 0.29) is 6.10 Å². The highest BCUT2D eigenvalue weighted by Gasteiger charge is 2.03. The first-order valence-electron chi connectivity index (χ1n) is 9.21. The zero-order valence-electron chi connectivity index (χ0n) is 14.3. The fourth-order valence-electron chi connectivity index (χ4n) is 2.72. The van der Waals surface area contributed by atoms with Crippen molar-refractivity contribution >= 4 is 0 Å². The van der Waals surface area contributed by atoms with E-state index < -0.39 is 0 Å². The summed E-state index contributed by atoms with van der Waals surface area (Å²) in [5.41, 5.74) is 0. The van der Waals surface area contributed by atoms with Crippen LogP contribution in [-0.4, -0.2) is 16.3 Å². The van der Waals surface area contributed by atoms with Gasteiger partial charge in [-0.3, -0.25) is 0 Å². The van der Waals surface area contributed by atoms with E-state index in [0.717, 1.165) is 25.7 Å². The van der Waals surface area contributed by atoms with Gasteiger partial charge in [-0.15, -0.1) is 0 Å². The summed E-state index contributed by atoms with van der Waals surface area (Å²) in [5, 5.41) is 18.8. The fraction of sp³-hybridized carbons (Fsp3) is 0.895. The quantitative estimate of drug-likeness (QED) is 0.260. The van der Waals surface area contributed by atoms with Crippen LogP contribution in [0.4, 0.5) is 0 Å². The second-order valence-electron chi connectivity index (χ2n) is 6.44. The Bertz CT molecular complexity index is 226. The molecule has 0 spiro atoms. The van der Waals surface area contributed by atoms with Gasteiger partial charge in [0.15, 0.2) is 0 Å². The Kier molecular flexibility index (Phi) is 15.5. The predicted octanol–water partition coefficient (Wildman–Crippen LogP) is 6.29. The molecule has 0 saturated carbocycles. The summed E-state index contributed by atoms with van der Waals surface area (Å²) in [4.78, 5) is 0. The largest absolute Gasteiger partial charge is 0.513 e. The highest BCUT2D eigenvalue weighted by atomic mass is 16.3. The summed E-state index contributed by atoms with van der Waals surface area (Å²) in [6.07, 6.45) is 17.6. The summed E-state index contributed by atoms with van der Waals surface area (Å²) in [6.45, 7) is 5.72. The number of unbranched alkanes of at least 4 members (excludes halogenated alkanes) is 10. The normalized spacial score (nSPS) is 12.5. The minimum absolute atomic E-state index is 0.0616. The molecule has 21 heavy (non-hydrogen) atoms. The van der Waals surface area contributed by atoms with Crippen molar-refractivity contribution in [2.24, 2.45) is 0 Å². The van der Waals surface area contributed by atoms with Crippen molar-refractivity contribution in [1.29, 1.82) is 0 Å². The Labute approximate surface area is 132 Å². The number of hydrogen-bond donors (Lipinski definition) is 2. The maximum atomic E-state index is 9.87. The lowest BCUT2D eigenvalue weighted by Gasteiger charge is -2.10. The lowest BCUT2D eigenvalue weighted by Crippen LogP contribution is -2.05. The average Bonchev–Trinajstić information content (AvgIpc) is 2.45. The number of allylic oxidation sites excluding steroid dienone is 1. The van der Waals surface area contributed by atoms with Crippen LogP contribution in [0.15, 0.2) is 12.3 Å². The van der Waals surface area contributed by atoms with E-state index in [0.29, 0.717) is 5.76 Å². The van der Waals surface area contributed by atoms with Crippen molar-refractivity contribution in [2.45, 2.75) is 109 Å². The van der Waals surface area contributed by atoms with E-state index in [1.54, 1.807) is 0 Å². The number of hydrogen-bond acceptors (Lipinski definition) is 2. The van der Waals surface area contributed by atoms with E-state index in [9.17, 15) is 5.11 Å². The first kappa shape index (κ1) is 20.5. The van der Waals surface area contributed by atoms with Crippen molar-refractivity contribution in [3.8, 4) is 0 Å². The van der Waals surface area contributed by atoms with Gasteiger partial charge in [-0.25, -0.2) is 0 Å². The SMILES string of the molecule is C=C(O)CCCCCCCCCCC(O)CCCCCC. The van der Waals surface area contributed by atoms with Gasteiger partial charge in [-0.05, 0) is 19.3 Å². The molecule has 0 fully saturated rings. The molecule has 126 valence electrons. The zero-order valence-corrected chi connectivity index (χ0v) is 14.3. The van der Waals surface area contributed by atoms with E-state index in [1.807, 2.05) is 0 Å². The standard InChI is InChI=1S/C19H38O2/c1-3-4-5-13-16-19(21)17-14-11-9-7-6-8-10-12-15-18(2)20/h19-21H,2-17H2,1H3. The summed E-state index contributed by atoms with van der Waals surface area (Å²) >= 11 is 0. The third-order valence-electron chi connectivity index (χ3n) is 4.14. The topological polar surface area (TPSA) is 40.5 Å². The number of aliphatic hydroxyl groups excluding tert-OH is 2. The van der Waals surface area contributed by atoms with Crippen LogP contribution in [0.1, 0.15) is 103 Å². The van der Waals surface area contributed by atoms with Gasteiger partial charge in [-0.2, -0.15) is 0 Å². The molecule has 0 aromatic heterocycles. The van der Waals surface area contributed by atoms with Crippen LogP contribution >= 0.6 is 0 Å². The molecule has 1 atom stereocenters. The van der Waals surface area contributed by atoms with Crippen LogP contribution in [0.2, 0.25) is 0 Å². The van der Waals surface area contributed by atoms with Crippen molar-refractivity contribution in [2.75, 3.05) is 0 Å². The summed E-state index contributed by atoms with van der Waals surface area (Å²) in [6, 6.07) is 0. The minimum atomic E-state index is -0.0616. The molecule has 2 nitrogen and oxygen atoms in total. The highest BCUT2D eigenvalue weighted by molar-refractivity contribution is 4.77. The smallest absolute Gasteiger partial charge is 0.0851 e. The molecular weight excluding hydrogens is 260 g/mol. The fourth-order valence-corrected chi connectivity index (χ4v) is 2.72. The van der Waals surface area contributed by atoms with Crippen LogP contribution in [0, 0.1) is 0 Å². The zero-order chi connectivity index (χ0) is 15.8. The van der Waals surface area contributed by atoms with Gasteiger partial charge in [0.1, 0.15) is 0 Å². The van der Waals surface area contributed by atoms with Crippen LogP contribution in [0.3, 0.4) is 0 Å². The lowest BCUT2D eigenvalue weighted by atomic mass is 10.0. The van der Waals surface area contributed by atoms with E-state index in [4.69, 9.17) is 5.11 Å². The van der Waals surface area contributed by atoms with E-state index in [2.05, 4.69) is 13.5 Å². The second-order valence-corrected chi connectivity index (χ2v) is 6.44. The van der Waals surface area contributed by atoms with Crippen LogP contribution in [0.25, 0.3) is 0 Å². The van der Waals surface area contributed by atoms with Crippen molar-refractivity contribution < 1.29 is 10.2 Å². The minimum Gasteiger partial charge on any atom is -0.513 e. The molecule has 0 saturated heterocycles. The van der Waals surface area contributed by atoms with E-state index >= 15 is 0 Å². The molecule has 2 heteroatoms. The summed E-state index contributed by atoms with van der Waals surface area (Å²) in [5.74, 6) is 0.322. The van der Waals surface area contributed by atoms with Gasteiger partial charge in [0, 0.05) is 6.42 Å². The van der Waals surface area contributed by atoms with Crippen LogP contribution < -0.4 is 0 Å². The van der Waals surface area contributed by atoms with Gasteiger partial charge in [0.25, 0.3) is 0 Å². The van der Waals surface area contributed by atoms with Crippen LogP contribution in [0.5, 0.6) is 0 Å². The molecule has 0 aromatic rings. The van der Waals surface area contributed by atoms with Gasteiger partial charge in [0.2, 0.25) is 0 Å². The van der Waals surface area contributed by atoms with Crippen LogP contribution in [-0.2, 0) is 0 Å². The van der Waals surface area contributed by atoms with E-state index in [1.165, 1.54) is 70.6 Å². The third-order valence-corrected chi connectivity index (χ3v) is 4.14. The molecule has 0 radical (unpaired) electrons. The highest BCUT2D eigenvalue weighted by Crippen LogP contribution is 2.14. The molecule has 0 aliphatic carbocycles. The Morgan fingerprint density at radius 2 is 1.19 bits per heavy atom. The van der Waals surface area contributed by atoms with Gasteiger partial charge in [0.05, 0.1) is 11.9 Å². The van der Waals surface area contributed by atoms with Crippen molar-refractivity contribution in [3.63, 3.8) is 0 Å². The molecule has 1 unspecified atom stereocenters. The molecule has 2 N–H and O–H groups in total. The Hall–Kier alpha value is -0.500. The number of aliphatic hydroxyl groups is 2. The molecular formula is C19H38O2.